The number of nitrogens with one attached hydrogen (secondary N) is 1. The molecule has 0 aliphatic carbocycles. The molecule has 3 rings (SSSR count). The van der Waals surface area contributed by atoms with E-state index >= 15 is 0 Å². The zero-order valence-electron chi connectivity index (χ0n) is 16.1. The van der Waals surface area contributed by atoms with Crippen LogP contribution in [-0.2, 0) is 22.4 Å². The van der Waals surface area contributed by atoms with E-state index in [0.717, 1.165) is 10.5 Å². The molecule has 0 spiro atoms. The first-order chi connectivity index (χ1) is 13.3. The van der Waals surface area contributed by atoms with Gasteiger partial charge in [-0.05, 0) is 25.0 Å². The van der Waals surface area contributed by atoms with E-state index in [-0.39, 0.29) is 11.3 Å². The van der Waals surface area contributed by atoms with E-state index in [2.05, 4.69) is 5.10 Å². The maximum Gasteiger partial charge on any atom is 0.289 e. The summed E-state index contributed by atoms with van der Waals surface area (Å²) in [7, 11) is -3.37. The molecule has 1 aliphatic rings. The molecule has 0 bridgehead atoms. The Kier molecular flexibility index (Phi) is 5.93. The third-order valence-corrected chi connectivity index (χ3v) is 6.99. The van der Waals surface area contributed by atoms with Crippen LogP contribution >= 0.6 is 0 Å². The SMILES string of the molecule is Cc1nn(C[NH+]2CCN(S(=O)(=O)Cc3ccccc3)CC2)c(=O)c(C#N)c1C. The van der Waals surface area contributed by atoms with Gasteiger partial charge in [-0.15, -0.1) is 0 Å². The molecule has 28 heavy (non-hydrogen) atoms. The molecule has 1 aliphatic heterocycles. The second-order valence-corrected chi connectivity index (χ2v) is 9.02. The summed E-state index contributed by atoms with van der Waals surface area (Å²) in [6.45, 7) is 5.77. The number of sulfonamides is 1. The van der Waals surface area contributed by atoms with Crippen molar-refractivity contribution in [3.63, 3.8) is 0 Å². The van der Waals surface area contributed by atoms with Gasteiger partial charge in [-0.3, -0.25) is 4.79 Å². The Labute approximate surface area is 164 Å². The predicted molar refractivity (Wildman–Crippen MR) is 104 cm³/mol. The van der Waals surface area contributed by atoms with Crippen LogP contribution < -0.4 is 10.5 Å². The molecule has 0 amide bonds. The highest BCUT2D eigenvalue weighted by Gasteiger charge is 2.29. The molecule has 1 aromatic heterocycles. The second-order valence-electron chi connectivity index (χ2n) is 7.05. The van der Waals surface area contributed by atoms with Crippen LogP contribution in [0.15, 0.2) is 35.1 Å². The van der Waals surface area contributed by atoms with Crippen LogP contribution in [0.3, 0.4) is 0 Å². The van der Waals surface area contributed by atoms with Crippen molar-refractivity contribution in [2.24, 2.45) is 0 Å². The molecule has 0 saturated carbocycles. The number of rotatable bonds is 5. The number of quaternary nitrogens is 1. The van der Waals surface area contributed by atoms with Gasteiger partial charge in [0.25, 0.3) is 5.56 Å². The Morgan fingerprint density at radius 3 is 2.43 bits per heavy atom. The molecule has 1 aromatic carbocycles. The normalized spacial score (nSPS) is 16.0. The Balaban J connectivity index is 1.66. The highest BCUT2D eigenvalue weighted by atomic mass is 32.2. The summed E-state index contributed by atoms with van der Waals surface area (Å²) < 4.78 is 28.1. The minimum absolute atomic E-state index is 0.00707. The Hall–Kier alpha value is -2.54. The summed E-state index contributed by atoms with van der Waals surface area (Å²) >= 11 is 0. The standard InChI is InChI=1S/C19H23N5O3S/c1-15-16(2)21-24(19(25)18(15)12-20)14-22-8-10-23(11-9-22)28(26,27)13-17-6-4-3-5-7-17/h3-7H,8-11,13-14H2,1-2H3/p+1. The number of nitriles is 1. The maximum absolute atomic E-state index is 12.7. The molecule has 2 aromatic rings. The van der Waals surface area contributed by atoms with E-state index in [1.54, 1.807) is 13.8 Å². The first kappa shape index (κ1) is 20.2. The van der Waals surface area contributed by atoms with Gasteiger partial charge in [0.15, 0.2) is 6.67 Å². The zero-order valence-corrected chi connectivity index (χ0v) is 16.9. The smallest absolute Gasteiger partial charge is 0.289 e. The third-order valence-electron chi connectivity index (χ3n) is 5.14. The van der Waals surface area contributed by atoms with Crippen LogP contribution in [0.2, 0.25) is 0 Å². The van der Waals surface area contributed by atoms with Crippen molar-refractivity contribution in [3.8, 4) is 6.07 Å². The summed E-state index contributed by atoms with van der Waals surface area (Å²) in [6, 6.07) is 11.1. The Bertz CT molecular complexity index is 1050. The molecule has 0 radical (unpaired) electrons. The van der Waals surface area contributed by atoms with Gasteiger partial charge in [0.05, 0.1) is 37.6 Å². The molecule has 0 atom stereocenters. The van der Waals surface area contributed by atoms with Gasteiger partial charge in [0.2, 0.25) is 10.0 Å². The topological polar surface area (TPSA) is 100 Å². The van der Waals surface area contributed by atoms with E-state index < -0.39 is 15.6 Å². The Morgan fingerprint density at radius 1 is 1.18 bits per heavy atom. The Morgan fingerprint density at radius 2 is 1.82 bits per heavy atom. The first-order valence-electron chi connectivity index (χ1n) is 9.15. The second kappa shape index (κ2) is 8.22. The molecule has 1 fully saturated rings. The first-order valence-corrected chi connectivity index (χ1v) is 10.8. The zero-order chi connectivity index (χ0) is 20.3. The van der Waals surface area contributed by atoms with Gasteiger partial charge in [0.1, 0.15) is 11.6 Å². The van der Waals surface area contributed by atoms with E-state index in [4.69, 9.17) is 0 Å². The lowest BCUT2D eigenvalue weighted by molar-refractivity contribution is -0.927. The number of hydrogen-bond donors (Lipinski definition) is 1. The van der Waals surface area contributed by atoms with Crippen LogP contribution in [0.1, 0.15) is 22.4 Å². The van der Waals surface area contributed by atoms with Crippen LogP contribution in [0.4, 0.5) is 0 Å². The van der Waals surface area contributed by atoms with Crippen molar-refractivity contribution < 1.29 is 13.3 Å². The van der Waals surface area contributed by atoms with Crippen molar-refractivity contribution in [1.82, 2.24) is 14.1 Å². The maximum atomic E-state index is 12.7. The highest BCUT2D eigenvalue weighted by Crippen LogP contribution is 2.10. The summed E-state index contributed by atoms with van der Waals surface area (Å²) in [4.78, 5) is 13.5. The van der Waals surface area contributed by atoms with Crippen molar-refractivity contribution >= 4 is 10.0 Å². The molecule has 148 valence electrons. The fourth-order valence-electron chi connectivity index (χ4n) is 3.34. The quantitative estimate of drug-likeness (QED) is 0.721. The van der Waals surface area contributed by atoms with Crippen LogP contribution in [-0.4, -0.2) is 48.7 Å². The highest BCUT2D eigenvalue weighted by molar-refractivity contribution is 7.88. The van der Waals surface area contributed by atoms with Gasteiger partial charge in [-0.25, -0.2) is 8.42 Å². The number of hydrogen-bond acceptors (Lipinski definition) is 5. The molecular formula is C19H24N5O3S+. The minimum atomic E-state index is -3.37. The molecular weight excluding hydrogens is 378 g/mol. The van der Waals surface area contributed by atoms with E-state index in [1.165, 1.54) is 8.99 Å². The van der Waals surface area contributed by atoms with Crippen molar-refractivity contribution in [3.05, 3.63) is 63.1 Å². The number of nitrogens with zero attached hydrogens (tertiary/aromatic N) is 4. The lowest BCUT2D eigenvalue weighted by atomic mass is 10.1. The summed E-state index contributed by atoms with van der Waals surface area (Å²) in [5, 5.41) is 13.5. The lowest BCUT2D eigenvalue weighted by Gasteiger charge is -2.31. The average molecular weight is 403 g/mol. The van der Waals surface area contributed by atoms with Crippen LogP contribution in [0.5, 0.6) is 0 Å². The number of aryl methyl sites for hydroxylation is 1. The van der Waals surface area contributed by atoms with Crippen LogP contribution in [0.25, 0.3) is 0 Å². The van der Waals surface area contributed by atoms with Gasteiger partial charge in [0, 0.05) is 0 Å². The summed E-state index contributed by atoms with van der Waals surface area (Å²) in [5.74, 6) is -0.00707. The summed E-state index contributed by atoms with van der Waals surface area (Å²) in [5.41, 5.74) is 1.76. The van der Waals surface area contributed by atoms with Crippen LogP contribution in [0, 0.1) is 25.2 Å². The van der Waals surface area contributed by atoms with E-state index in [9.17, 15) is 18.5 Å². The molecule has 0 unspecified atom stereocenters. The summed E-state index contributed by atoms with van der Waals surface area (Å²) in [6.07, 6.45) is 0. The number of aromatic nitrogens is 2. The molecule has 9 heteroatoms. The monoisotopic (exact) mass is 402 g/mol. The number of piperazine rings is 1. The predicted octanol–water partition coefficient (Wildman–Crippen LogP) is -0.580. The van der Waals surface area contributed by atoms with E-state index in [0.29, 0.717) is 44.1 Å². The largest absolute Gasteiger partial charge is 0.314 e. The molecule has 8 nitrogen and oxygen atoms in total. The van der Waals surface area contributed by atoms with Gasteiger partial charge in [-0.2, -0.15) is 19.3 Å². The molecule has 2 heterocycles. The van der Waals surface area contributed by atoms with Crippen molar-refractivity contribution in [2.45, 2.75) is 26.3 Å². The van der Waals surface area contributed by atoms with Gasteiger partial charge >= 0.3 is 0 Å². The third kappa shape index (κ3) is 4.30. The van der Waals surface area contributed by atoms with Crippen molar-refractivity contribution in [1.29, 1.82) is 5.26 Å². The molecule has 1 N–H and O–H groups in total. The fraction of sp³-hybridized carbons (Fsp3) is 0.421. The molecule has 1 saturated heterocycles. The van der Waals surface area contributed by atoms with Crippen molar-refractivity contribution in [2.75, 3.05) is 26.2 Å². The fourth-order valence-corrected chi connectivity index (χ4v) is 4.87. The number of benzene rings is 1. The van der Waals surface area contributed by atoms with Gasteiger partial charge < -0.3 is 4.90 Å². The minimum Gasteiger partial charge on any atom is -0.314 e. The average Bonchev–Trinajstić information content (AvgIpc) is 2.67. The van der Waals surface area contributed by atoms with Gasteiger partial charge in [-0.1, -0.05) is 30.3 Å². The van der Waals surface area contributed by atoms with E-state index in [1.807, 2.05) is 36.4 Å². The lowest BCUT2D eigenvalue weighted by Crippen LogP contribution is -3.14.